The number of nitrogens with one attached hydrogen (secondary N) is 2. The summed E-state index contributed by atoms with van der Waals surface area (Å²) >= 11 is 0. The van der Waals surface area contributed by atoms with Crippen molar-refractivity contribution in [3.8, 4) is 0 Å². The van der Waals surface area contributed by atoms with Gasteiger partial charge in [-0.3, -0.25) is 9.78 Å². The lowest BCUT2D eigenvalue weighted by Crippen LogP contribution is -2.58. The van der Waals surface area contributed by atoms with Crippen molar-refractivity contribution in [3.05, 3.63) is 70.5 Å². The number of nitrogens with zero attached hydrogens (tertiary/aromatic N) is 3. The van der Waals surface area contributed by atoms with Crippen LogP contribution in [0.2, 0.25) is 0 Å². The van der Waals surface area contributed by atoms with E-state index in [1.54, 1.807) is 10.8 Å². The van der Waals surface area contributed by atoms with Gasteiger partial charge in [0, 0.05) is 67.3 Å². The molecule has 7 heteroatoms. The number of aromatic nitrogens is 3. The molecule has 4 aromatic rings. The Labute approximate surface area is 216 Å². The summed E-state index contributed by atoms with van der Waals surface area (Å²) in [6.07, 6.45) is 11.9. The van der Waals surface area contributed by atoms with Crippen molar-refractivity contribution in [1.82, 2.24) is 19.9 Å². The highest BCUT2D eigenvalue weighted by atomic mass is 16.5. The largest absolute Gasteiger partial charge is 0.381 e. The Kier molecular flexibility index (Phi) is 5.78. The van der Waals surface area contributed by atoms with Crippen molar-refractivity contribution in [2.75, 3.05) is 37.7 Å². The van der Waals surface area contributed by atoms with Crippen LogP contribution in [0.4, 0.5) is 5.69 Å². The van der Waals surface area contributed by atoms with Crippen molar-refractivity contribution in [3.63, 3.8) is 0 Å². The molecule has 3 fully saturated rings. The Hall–Kier alpha value is -3.16. The second-order valence-corrected chi connectivity index (χ2v) is 11.5. The fraction of sp³-hybridized carbons (Fsp3) is 0.467. The number of hydrogen-bond donors (Lipinski definition) is 2. The van der Waals surface area contributed by atoms with Crippen LogP contribution in [0.25, 0.3) is 21.7 Å². The van der Waals surface area contributed by atoms with Crippen LogP contribution in [0.5, 0.6) is 0 Å². The van der Waals surface area contributed by atoms with Gasteiger partial charge in [-0.15, -0.1) is 0 Å². The van der Waals surface area contributed by atoms with Gasteiger partial charge in [-0.2, -0.15) is 0 Å². The van der Waals surface area contributed by atoms with Gasteiger partial charge in [0.15, 0.2) is 0 Å². The van der Waals surface area contributed by atoms with Gasteiger partial charge in [0.2, 0.25) is 0 Å². The zero-order valence-corrected chi connectivity index (χ0v) is 21.3. The first kappa shape index (κ1) is 23.0. The van der Waals surface area contributed by atoms with Crippen LogP contribution in [0.3, 0.4) is 0 Å². The van der Waals surface area contributed by atoms with Crippen molar-refractivity contribution in [2.45, 2.75) is 45.2 Å². The monoisotopic (exact) mass is 497 g/mol. The molecular formula is C30H35N5O2. The molecule has 2 saturated heterocycles. The molecule has 1 spiro atoms. The lowest BCUT2D eigenvalue weighted by molar-refractivity contribution is -0.000118. The summed E-state index contributed by atoms with van der Waals surface area (Å²) in [5.74, 6) is 0.858. The lowest BCUT2D eigenvalue weighted by Gasteiger charge is -2.53. The average molecular weight is 498 g/mol. The third-order valence-corrected chi connectivity index (χ3v) is 8.89. The van der Waals surface area contributed by atoms with Crippen molar-refractivity contribution < 1.29 is 4.74 Å². The lowest BCUT2D eigenvalue weighted by atomic mass is 9.73. The Bertz CT molecular complexity index is 1490. The standard InChI is InChI=1S/C30H35N5O2/c36-29-26-16-32-17-28(35-19-30(20-35)7-10-37-11-8-30)25(26)6-9-34(29)18-22-4-5-23-13-24(33-27(23)12-22)15-31-14-21-2-1-3-21/h4-6,9,12-13,16-17,21,31,33H,1-3,7-8,10-11,14-15,18-20H2. The smallest absolute Gasteiger partial charge is 0.260 e. The number of anilines is 1. The van der Waals surface area contributed by atoms with E-state index in [0.717, 1.165) is 80.3 Å². The number of fused-ring (bicyclic) bond motifs is 2. The Morgan fingerprint density at radius 1 is 1.08 bits per heavy atom. The van der Waals surface area contributed by atoms with Crippen LogP contribution in [0, 0.1) is 11.3 Å². The molecule has 2 aliphatic heterocycles. The average Bonchev–Trinajstić information content (AvgIpc) is 3.28. The molecule has 2 N–H and O–H groups in total. The minimum Gasteiger partial charge on any atom is -0.381 e. The van der Waals surface area contributed by atoms with Gasteiger partial charge in [-0.05, 0) is 67.3 Å². The zero-order valence-electron chi connectivity index (χ0n) is 21.3. The number of benzene rings is 1. The first-order valence-corrected chi connectivity index (χ1v) is 13.8. The van der Waals surface area contributed by atoms with E-state index in [2.05, 4.69) is 50.5 Å². The summed E-state index contributed by atoms with van der Waals surface area (Å²) in [6.45, 7) is 6.28. The second-order valence-electron chi connectivity index (χ2n) is 11.5. The highest BCUT2D eigenvalue weighted by Gasteiger charge is 2.44. The maximum atomic E-state index is 13.5. The van der Waals surface area contributed by atoms with Crippen molar-refractivity contribution in [1.29, 1.82) is 0 Å². The van der Waals surface area contributed by atoms with Crippen LogP contribution in [-0.2, 0) is 17.8 Å². The minimum absolute atomic E-state index is 0.0145. The number of rotatable bonds is 7. The van der Waals surface area contributed by atoms with Crippen LogP contribution < -0.4 is 15.8 Å². The molecule has 1 aromatic carbocycles. The Balaban J connectivity index is 1.08. The molecule has 192 valence electrons. The third-order valence-electron chi connectivity index (χ3n) is 8.89. The predicted molar refractivity (Wildman–Crippen MR) is 147 cm³/mol. The van der Waals surface area contributed by atoms with Gasteiger partial charge in [0.1, 0.15) is 0 Å². The van der Waals surface area contributed by atoms with Gasteiger partial charge < -0.3 is 24.5 Å². The molecular weight excluding hydrogens is 462 g/mol. The molecule has 0 radical (unpaired) electrons. The van der Waals surface area contributed by atoms with E-state index in [4.69, 9.17) is 4.74 Å². The molecule has 37 heavy (non-hydrogen) atoms. The quantitative estimate of drug-likeness (QED) is 0.395. The van der Waals surface area contributed by atoms with E-state index in [-0.39, 0.29) is 5.56 Å². The molecule has 1 aliphatic carbocycles. The van der Waals surface area contributed by atoms with E-state index < -0.39 is 0 Å². The molecule has 7 nitrogen and oxygen atoms in total. The molecule has 0 bridgehead atoms. The van der Waals surface area contributed by atoms with Gasteiger partial charge in [0.05, 0.1) is 23.8 Å². The summed E-state index contributed by atoms with van der Waals surface area (Å²) in [7, 11) is 0. The molecule has 3 aliphatic rings. The van der Waals surface area contributed by atoms with E-state index in [0.29, 0.717) is 17.3 Å². The van der Waals surface area contributed by atoms with Gasteiger partial charge >= 0.3 is 0 Å². The third kappa shape index (κ3) is 4.34. The van der Waals surface area contributed by atoms with E-state index in [9.17, 15) is 4.79 Å². The van der Waals surface area contributed by atoms with Crippen molar-refractivity contribution in [2.24, 2.45) is 11.3 Å². The summed E-state index contributed by atoms with van der Waals surface area (Å²) in [4.78, 5) is 23.8. The predicted octanol–water partition coefficient (Wildman–Crippen LogP) is 4.43. The van der Waals surface area contributed by atoms with Crippen LogP contribution in [-0.4, -0.2) is 47.4 Å². The molecule has 0 amide bonds. The normalized spacial score (nSPS) is 19.4. The second kappa shape index (κ2) is 9.30. The molecule has 5 heterocycles. The Morgan fingerprint density at radius 2 is 1.95 bits per heavy atom. The van der Waals surface area contributed by atoms with Crippen molar-refractivity contribution >= 4 is 27.4 Å². The molecule has 7 rings (SSSR count). The maximum Gasteiger partial charge on any atom is 0.260 e. The number of ether oxygens (including phenoxy) is 1. The van der Waals surface area contributed by atoms with Gasteiger partial charge in [-0.1, -0.05) is 18.6 Å². The summed E-state index contributed by atoms with van der Waals surface area (Å²) in [5.41, 5.74) is 4.90. The Morgan fingerprint density at radius 3 is 2.76 bits per heavy atom. The number of aromatic amines is 1. The molecule has 3 aromatic heterocycles. The van der Waals surface area contributed by atoms with E-state index in [1.807, 2.05) is 12.4 Å². The van der Waals surface area contributed by atoms with E-state index >= 15 is 0 Å². The number of pyridine rings is 2. The molecule has 1 saturated carbocycles. The first-order valence-electron chi connectivity index (χ1n) is 13.8. The summed E-state index contributed by atoms with van der Waals surface area (Å²) in [6, 6.07) is 10.8. The number of H-pyrrole nitrogens is 1. The summed E-state index contributed by atoms with van der Waals surface area (Å²) in [5, 5.41) is 6.48. The highest BCUT2D eigenvalue weighted by molar-refractivity contribution is 5.93. The zero-order chi connectivity index (χ0) is 24.8. The topological polar surface area (TPSA) is 75.2 Å². The highest BCUT2D eigenvalue weighted by Crippen LogP contribution is 2.43. The van der Waals surface area contributed by atoms with Crippen LogP contribution in [0.15, 0.2) is 53.7 Å². The van der Waals surface area contributed by atoms with Gasteiger partial charge in [0.25, 0.3) is 5.56 Å². The summed E-state index contributed by atoms with van der Waals surface area (Å²) < 4.78 is 7.36. The molecule has 0 atom stereocenters. The van der Waals surface area contributed by atoms with Gasteiger partial charge in [-0.25, -0.2) is 0 Å². The minimum atomic E-state index is 0.0145. The van der Waals surface area contributed by atoms with Crippen LogP contribution >= 0.6 is 0 Å². The SMILES string of the molecule is O=c1c2cncc(N3CC4(CCOCC4)C3)c2ccn1Cc1ccc2cc(CNCC3CCC3)[nH]c2c1. The van der Waals surface area contributed by atoms with E-state index in [1.165, 1.54) is 30.3 Å². The maximum absolute atomic E-state index is 13.5. The van der Waals surface area contributed by atoms with Crippen LogP contribution in [0.1, 0.15) is 43.4 Å². The first-order chi connectivity index (χ1) is 18.2. The molecule has 0 unspecified atom stereocenters. The fourth-order valence-electron chi connectivity index (χ4n) is 6.36. The fourth-order valence-corrected chi connectivity index (χ4v) is 6.36. The number of hydrogen-bond acceptors (Lipinski definition) is 5.